The smallest absolute Gasteiger partial charge is 0.349 e. The second-order valence-electron chi connectivity index (χ2n) is 5.84. The molecule has 1 aromatic heterocycles. The van der Waals surface area contributed by atoms with Gasteiger partial charge in [0.1, 0.15) is 4.88 Å². The van der Waals surface area contributed by atoms with Crippen molar-refractivity contribution < 1.29 is 19.1 Å². The number of hydrogen-bond acceptors (Lipinski definition) is 5. The van der Waals surface area contributed by atoms with E-state index in [0.717, 1.165) is 16.9 Å². The van der Waals surface area contributed by atoms with Crippen LogP contribution in [0.5, 0.6) is 0 Å². The molecule has 0 aliphatic heterocycles. The maximum Gasteiger partial charge on any atom is 0.349 e. The third-order valence-corrected chi connectivity index (χ3v) is 4.80. The first-order valence-corrected chi connectivity index (χ1v) is 9.10. The minimum absolute atomic E-state index is 0.169. The first-order valence-electron chi connectivity index (χ1n) is 8.29. The van der Waals surface area contributed by atoms with Gasteiger partial charge in [0, 0.05) is 23.2 Å². The molecule has 1 heterocycles. The molecule has 0 aliphatic rings. The Labute approximate surface area is 156 Å². The third kappa shape index (κ3) is 5.16. The number of benzene rings is 1. The van der Waals surface area contributed by atoms with Crippen LogP contribution in [0.15, 0.2) is 30.3 Å². The van der Waals surface area contributed by atoms with E-state index in [-0.39, 0.29) is 5.91 Å². The van der Waals surface area contributed by atoms with Crippen molar-refractivity contribution in [3.63, 3.8) is 0 Å². The number of anilines is 2. The summed E-state index contributed by atoms with van der Waals surface area (Å²) in [5, 5.41) is 5.33. The van der Waals surface area contributed by atoms with E-state index in [0.29, 0.717) is 16.3 Å². The average molecular weight is 374 g/mol. The van der Waals surface area contributed by atoms with Crippen molar-refractivity contribution >= 4 is 40.5 Å². The maximum absolute atomic E-state index is 12.2. The van der Waals surface area contributed by atoms with Gasteiger partial charge in [0.05, 0.1) is 0 Å². The van der Waals surface area contributed by atoms with Gasteiger partial charge in [-0.1, -0.05) is 6.92 Å². The number of carbonyl (C=O) groups excluding carboxylic acids is 3. The van der Waals surface area contributed by atoms with Gasteiger partial charge in [-0.05, 0) is 56.2 Å². The van der Waals surface area contributed by atoms with Gasteiger partial charge in [0.2, 0.25) is 5.91 Å². The fraction of sp³-hybridized carbons (Fsp3) is 0.316. The molecule has 138 valence electrons. The molecular formula is C19H22N2O4S. The maximum atomic E-state index is 12.2. The van der Waals surface area contributed by atoms with Crippen LogP contribution >= 0.6 is 11.3 Å². The summed E-state index contributed by atoms with van der Waals surface area (Å²) in [6.45, 7) is 6.93. The molecule has 0 spiro atoms. The largest absolute Gasteiger partial charge is 0.448 e. The lowest BCUT2D eigenvalue weighted by Gasteiger charge is -2.13. The van der Waals surface area contributed by atoms with Crippen molar-refractivity contribution in [1.82, 2.24) is 0 Å². The second kappa shape index (κ2) is 8.62. The van der Waals surface area contributed by atoms with E-state index in [1.165, 1.54) is 25.2 Å². The highest BCUT2D eigenvalue weighted by molar-refractivity contribution is 7.14. The average Bonchev–Trinajstić information content (AvgIpc) is 2.97. The minimum Gasteiger partial charge on any atom is -0.448 e. The van der Waals surface area contributed by atoms with E-state index >= 15 is 0 Å². The van der Waals surface area contributed by atoms with Crippen LogP contribution in [0.2, 0.25) is 0 Å². The van der Waals surface area contributed by atoms with Gasteiger partial charge < -0.3 is 15.4 Å². The lowest BCUT2D eigenvalue weighted by Crippen LogP contribution is -2.29. The Hall–Kier alpha value is -2.67. The van der Waals surface area contributed by atoms with Gasteiger partial charge in [-0.15, -0.1) is 11.3 Å². The quantitative estimate of drug-likeness (QED) is 0.754. The summed E-state index contributed by atoms with van der Waals surface area (Å²) >= 11 is 1.37. The Morgan fingerprint density at radius 3 is 2.19 bits per heavy atom. The summed E-state index contributed by atoms with van der Waals surface area (Å²) in [5.74, 6) is -1.09. The van der Waals surface area contributed by atoms with Crippen molar-refractivity contribution in [3.8, 4) is 0 Å². The van der Waals surface area contributed by atoms with Crippen LogP contribution in [0, 0.1) is 6.92 Å². The summed E-state index contributed by atoms with van der Waals surface area (Å²) in [7, 11) is 0. The molecule has 0 saturated carbocycles. The van der Waals surface area contributed by atoms with Crippen LogP contribution in [-0.2, 0) is 20.7 Å². The topological polar surface area (TPSA) is 84.5 Å². The first kappa shape index (κ1) is 19.7. The Morgan fingerprint density at radius 2 is 1.69 bits per heavy atom. The standard InChI is InChI=1S/C19H22N2O4S/c1-5-14-10-17(26-12(14)3)19(24)25-11(2)18(23)21-16-8-6-15(7-9-16)20-13(4)22/h6-11H,5H2,1-4H3,(H,20,22)(H,21,23)/t11-/m0/s1. The molecule has 0 radical (unpaired) electrons. The fourth-order valence-electron chi connectivity index (χ4n) is 2.33. The highest BCUT2D eigenvalue weighted by Crippen LogP contribution is 2.23. The third-order valence-electron chi connectivity index (χ3n) is 3.73. The van der Waals surface area contributed by atoms with Crippen LogP contribution in [0.3, 0.4) is 0 Å². The van der Waals surface area contributed by atoms with Gasteiger partial charge in [-0.2, -0.15) is 0 Å². The minimum atomic E-state index is -0.926. The van der Waals surface area contributed by atoms with E-state index in [1.807, 2.05) is 19.9 Å². The molecular weight excluding hydrogens is 352 g/mol. The van der Waals surface area contributed by atoms with E-state index in [1.54, 1.807) is 24.3 Å². The summed E-state index contributed by atoms with van der Waals surface area (Å²) < 4.78 is 5.26. The van der Waals surface area contributed by atoms with Gasteiger partial charge in [-0.3, -0.25) is 9.59 Å². The Kier molecular flexibility index (Phi) is 6.52. The molecule has 2 amide bonds. The zero-order valence-corrected chi connectivity index (χ0v) is 16.0. The highest BCUT2D eigenvalue weighted by atomic mass is 32.1. The number of aryl methyl sites for hydroxylation is 2. The number of nitrogens with one attached hydrogen (secondary N) is 2. The van der Waals surface area contributed by atoms with E-state index in [2.05, 4.69) is 10.6 Å². The van der Waals surface area contributed by atoms with E-state index in [9.17, 15) is 14.4 Å². The summed E-state index contributed by atoms with van der Waals surface area (Å²) in [6.07, 6.45) is -0.0786. The van der Waals surface area contributed by atoms with Crippen molar-refractivity contribution in [1.29, 1.82) is 0 Å². The number of hydrogen-bond donors (Lipinski definition) is 2. The molecule has 2 rings (SSSR count). The summed E-state index contributed by atoms with van der Waals surface area (Å²) in [5.41, 5.74) is 2.29. The normalized spacial score (nSPS) is 11.5. The lowest BCUT2D eigenvalue weighted by atomic mass is 10.2. The highest BCUT2D eigenvalue weighted by Gasteiger charge is 2.21. The Morgan fingerprint density at radius 1 is 1.12 bits per heavy atom. The molecule has 1 aromatic carbocycles. The van der Waals surface area contributed by atoms with Gasteiger partial charge in [0.15, 0.2) is 6.10 Å². The monoisotopic (exact) mass is 374 g/mol. The lowest BCUT2D eigenvalue weighted by molar-refractivity contribution is -0.123. The molecule has 0 fully saturated rings. The molecule has 0 aliphatic carbocycles. The molecule has 1 atom stereocenters. The summed E-state index contributed by atoms with van der Waals surface area (Å²) in [6, 6.07) is 8.48. The number of rotatable bonds is 6. The Bertz CT molecular complexity index is 811. The van der Waals surface area contributed by atoms with Gasteiger partial charge in [0.25, 0.3) is 5.91 Å². The van der Waals surface area contributed by atoms with E-state index < -0.39 is 18.0 Å². The van der Waals surface area contributed by atoms with Gasteiger partial charge in [-0.25, -0.2) is 4.79 Å². The van der Waals surface area contributed by atoms with Crippen LogP contribution < -0.4 is 10.6 Å². The molecule has 0 unspecified atom stereocenters. The number of thiophene rings is 1. The molecule has 0 saturated heterocycles. The van der Waals surface area contributed by atoms with Crippen molar-refractivity contribution in [3.05, 3.63) is 45.6 Å². The predicted octanol–water partition coefficient (Wildman–Crippen LogP) is 3.76. The Balaban J connectivity index is 1.94. The number of amides is 2. The fourth-order valence-corrected chi connectivity index (χ4v) is 3.32. The van der Waals surface area contributed by atoms with Gasteiger partial charge >= 0.3 is 5.97 Å². The van der Waals surface area contributed by atoms with Crippen LogP contribution in [0.4, 0.5) is 11.4 Å². The molecule has 7 heteroatoms. The molecule has 0 bridgehead atoms. The van der Waals surface area contributed by atoms with Crippen molar-refractivity contribution in [2.45, 2.75) is 40.2 Å². The molecule has 6 nitrogen and oxygen atoms in total. The zero-order chi connectivity index (χ0) is 19.3. The molecule has 2 aromatic rings. The predicted molar refractivity (Wildman–Crippen MR) is 103 cm³/mol. The molecule has 2 N–H and O–H groups in total. The first-order chi connectivity index (χ1) is 12.3. The zero-order valence-electron chi connectivity index (χ0n) is 15.2. The van der Waals surface area contributed by atoms with Crippen LogP contribution in [0.25, 0.3) is 0 Å². The number of carbonyl (C=O) groups is 3. The SMILES string of the molecule is CCc1cc(C(=O)O[C@@H](C)C(=O)Nc2ccc(NC(C)=O)cc2)sc1C. The van der Waals surface area contributed by atoms with Crippen molar-refractivity contribution in [2.75, 3.05) is 10.6 Å². The summed E-state index contributed by atoms with van der Waals surface area (Å²) in [4.78, 5) is 37.0. The van der Waals surface area contributed by atoms with Crippen LogP contribution in [0.1, 0.15) is 40.9 Å². The van der Waals surface area contributed by atoms with E-state index in [4.69, 9.17) is 4.74 Å². The van der Waals surface area contributed by atoms with Crippen LogP contribution in [-0.4, -0.2) is 23.9 Å². The second-order valence-corrected chi connectivity index (χ2v) is 7.10. The molecule has 26 heavy (non-hydrogen) atoms. The number of esters is 1. The van der Waals surface area contributed by atoms with Crippen molar-refractivity contribution in [2.24, 2.45) is 0 Å². The number of ether oxygens (including phenoxy) is 1.